The third-order valence-electron chi connectivity index (χ3n) is 2.52. The molecule has 0 aromatic heterocycles. The summed E-state index contributed by atoms with van der Waals surface area (Å²) in [4.78, 5) is 10.2. The van der Waals surface area contributed by atoms with Crippen LogP contribution in [0.25, 0.3) is 0 Å². The van der Waals surface area contributed by atoms with Crippen LogP contribution in [0.5, 0.6) is 5.75 Å². The molecular weight excluding hydrogens is 269 g/mol. The minimum atomic E-state index is -0.781. The van der Waals surface area contributed by atoms with Gasteiger partial charge in [-0.3, -0.25) is 10.1 Å². The number of anilines is 1. The fourth-order valence-corrected chi connectivity index (χ4v) is 1.59. The molecule has 0 fully saturated rings. The molecule has 7 nitrogen and oxygen atoms in total. The fourth-order valence-electron chi connectivity index (χ4n) is 1.59. The van der Waals surface area contributed by atoms with Crippen LogP contribution in [0.4, 0.5) is 15.8 Å². The fraction of sp³-hybridized carbons (Fsp3) is 0.500. The molecule has 20 heavy (non-hydrogen) atoms. The number of nitrogens with zero attached hydrogens (tertiary/aromatic N) is 1. The maximum absolute atomic E-state index is 13.4. The number of nitro groups is 1. The van der Waals surface area contributed by atoms with E-state index in [9.17, 15) is 14.5 Å². The first kappa shape index (κ1) is 16.1. The van der Waals surface area contributed by atoms with E-state index in [4.69, 9.17) is 9.84 Å². The van der Waals surface area contributed by atoms with Crippen LogP contribution in [-0.4, -0.2) is 42.9 Å². The average Bonchev–Trinajstić information content (AvgIpc) is 2.38. The molecule has 0 saturated heterocycles. The Hall–Kier alpha value is -1.93. The number of hydrogen-bond donors (Lipinski definition) is 3. The van der Waals surface area contributed by atoms with Gasteiger partial charge in [0.2, 0.25) is 0 Å². The highest BCUT2D eigenvalue weighted by Crippen LogP contribution is 2.31. The summed E-state index contributed by atoms with van der Waals surface area (Å²) in [7, 11) is 1.29. The lowest BCUT2D eigenvalue weighted by Crippen LogP contribution is -2.29. The second-order valence-corrected chi connectivity index (χ2v) is 4.24. The van der Waals surface area contributed by atoms with E-state index in [-0.39, 0.29) is 17.1 Å². The number of rotatable bonds is 8. The summed E-state index contributed by atoms with van der Waals surface area (Å²) >= 11 is 0. The van der Waals surface area contributed by atoms with Crippen LogP contribution in [0.2, 0.25) is 0 Å². The number of benzene rings is 1. The lowest BCUT2D eigenvalue weighted by molar-refractivity contribution is -0.384. The van der Waals surface area contributed by atoms with Crippen LogP contribution in [0.15, 0.2) is 12.1 Å². The van der Waals surface area contributed by atoms with Crippen LogP contribution < -0.4 is 15.4 Å². The Balaban J connectivity index is 2.69. The van der Waals surface area contributed by atoms with Crippen molar-refractivity contribution in [2.75, 3.05) is 32.1 Å². The van der Waals surface area contributed by atoms with Crippen molar-refractivity contribution >= 4 is 11.4 Å². The highest BCUT2D eigenvalue weighted by molar-refractivity contribution is 5.64. The number of hydrogen-bond acceptors (Lipinski definition) is 6. The highest BCUT2D eigenvalue weighted by atomic mass is 19.1. The number of ether oxygens (including phenoxy) is 1. The van der Waals surface area contributed by atoms with Gasteiger partial charge in [0.25, 0.3) is 5.69 Å². The number of aliphatic hydroxyl groups excluding tert-OH is 1. The molecule has 8 heteroatoms. The Morgan fingerprint density at radius 2 is 2.20 bits per heavy atom. The zero-order chi connectivity index (χ0) is 15.1. The lowest BCUT2D eigenvalue weighted by atomic mass is 10.2. The maximum atomic E-state index is 13.4. The number of nitrogens with one attached hydrogen (secondary N) is 2. The molecule has 0 radical (unpaired) electrons. The summed E-state index contributed by atoms with van der Waals surface area (Å²) in [6, 6.07) is 2.08. The van der Waals surface area contributed by atoms with E-state index in [0.29, 0.717) is 19.6 Å². The molecule has 0 heterocycles. The van der Waals surface area contributed by atoms with Gasteiger partial charge in [-0.1, -0.05) is 0 Å². The second kappa shape index (κ2) is 7.61. The predicted molar refractivity (Wildman–Crippen MR) is 72.6 cm³/mol. The number of aliphatic hydroxyl groups is 1. The van der Waals surface area contributed by atoms with Gasteiger partial charge >= 0.3 is 0 Å². The minimum absolute atomic E-state index is 0.0601. The normalized spacial score (nSPS) is 12.0. The summed E-state index contributed by atoms with van der Waals surface area (Å²) in [6.07, 6.45) is -0.463. The monoisotopic (exact) mass is 287 g/mol. The van der Waals surface area contributed by atoms with Crippen LogP contribution in [0.1, 0.15) is 6.92 Å². The van der Waals surface area contributed by atoms with E-state index in [0.717, 1.165) is 6.07 Å². The molecular formula is C12H18FN3O4. The first-order valence-corrected chi connectivity index (χ1v) is 6.10. The van der Waals surface area contributed by atoms with E-state index in [1.54, 1.807) is 6.92 Å². The van der Waals surface area contributed by atoms with Crippen molar-refractivity contribution in [2.24, 2.45) is 0 Å². The molecule has 1 rings (SSSR count). The Bertz CT molecular complexity index is 468. The zero-order valence-corrected chi connectivity index (χ0v) is 11.4. The second-order valence-electron chi connectivity index (χ2n) is 4.24. The summed E-state index contributed by atoms with van der Waals surface area (Å²) in [5, 5.41) is 25.7. The van der Waals surface area contributed by atoms with Gasteiger partial charge in [-0.15, -0.1) is 0 Å². The van der Waals surface area contributed by atoms with Gasteiger partial charge in [0, 0.05) is 25.7 Å². The van der Waals surface area contributed by atoms with Gasteiger partial charge in [0.15, 0.2) is 11.6 Å². The van der Waals surface area contributed by atoms with E-state index >= 15 is 0 Å². The molecule has 0 bridgehead atoms. The maximum Gasteiger partial charge on any atom is 0.295 e. The SMILES string of the molecule is COc1cc(NCCNCC(C)O)c([N+](=O)[O-])cc1F. The van der Waals surface area contributed by atoms with Crippen LogP contribution in [-0.2, 0) is 0 Å². The van der Waals surface area contributed by atoms with Gasteiger partial charge in [-0.25, -0.2) is 4.39 Å². The summed E-state index contributed by atoms with van der Waals surface area (Å²) in [5.41, 5.74) is -0.161. The van der Waals surface area contributed by atoms with Crippen molar-refractivity contribution < 1.29 is 19.2 Å². The third-order valence-corrected chi connectivity index (χ3v) is 2.52. The largest absolute Gasteiger partial charge is 0.494 e. The first-order chi connectivity index (χ1) is 9.45. The average molecular weight is 287 g/mol. The Morgan fingerprint density at radius 1 is 1.50 bits per heavy atom. The molecule has 1 aromatic rings. The van der Waals surface area contributed by atoms with Gasteiger partial charge < -0.3 is 20.5 Å². The summed E-state index contributed by atoms with van der Waals surface area (Å²) in [6.45, 7) is 2.97. The third kappa shape index (κ3) is 4.63. The van der Waals surface area contributed by atoms with Crippen molar-refractivity contribution in [1.29, 1.82) is 0 Å². The summed E-state index contributed by atoms with van der Waals surface area (Å²) in [5.74, 6) is -0.841. The van der Waals surface area contributed by atoms with Crippen molar-refractivity contribution in [3.05, 3.63) is 28.1 Å². The number of nitro benzene ring substituents is 1. The number of methoxy groups -OCH3 is 1. The van der Waals surface area contributed by atoms with Gasteiger partial charge in [0.1, 0.15) is 5.69 Å². The van der Waals surface area contributed by atoms with Crippen LogP contribution in [0.3, 0.4) is 0 Å². The quantitative estimate of drug-likeness (QED) is 0.377. The Morgan fingerprint density at radius 3 is 2.75 bits per heavy atom. The molecule has 0 saturated carbocycles. The van der Waals surface area contributed by atoms with Gasteiger partial charge in [-0.05, 0) is 6.92 Å². The summed E-state index contributed by atoms with van der Waals surface area (Å²) < 4.78 is 18.2. The topological polar surface area (TPSA) is 96.7 Å². The van der Waals surface area contributed by atoms with E-state index in [1.807, 2.05) is 0 Å². The molecule has 0 spiro atoms. The molecule has 112 valence electrons. The van der Waals surface area contributed by atoms with Crippen molar-refractivity contribution in [3.63, 3.8) is 0 Å². The van der Waals surface area contributed by atoms with Gasteiger partial charge in [0.05, 0.1) is 24.2 Å². The van der Waals surface area contributed by atoms with E-state index in [2.05, 4.69) is 10.6 Å². The first-order valence-electron chi connectivity index (χ1n) is 6.10. The molecule has 1 aromatic carbocycles. The predicted octanol–water partition coefficient (Wildman–Crippen LogP) is 1.12. The molecule has 0 amide bonds. The zero-order valence-electron chi connectivity index (χ0n) is 11.4. The smallest absolute Gasteiger partial charge is 0.295 e. The van der Waals surface area contributed by atoms with Crippen LogP contribution >= 0.6 is 0 Å². The molecule has 0 aliphatic rings. The van der Waals surface area contributed by atoms with Crippen molar-refractivity contribution in [2.45, 2.75) is 13.0 Å². The highest BCUT2D eigenvalue weighted by Gasteiger charge is 2.18. The van der Waals surface area contributed by atoms with E-state index < -0.39 is 16.8 Å². The van der Waals surface area contributed by atoms with Crippen molar-refractivity contribution in [3.8, 4) is 5.75 Å². The standard InChI is InChI=1S/C12H18FN3O4/c1-8(17)7-14-3-4-15-10-6-12(20-2)9(13)5-11(10)16(18)19/h5-6,8,14-15,17H,3-4,7H2,1-2H3. The van der Waals surface area contributed by atoms with E-state index in [1.165, 1.54) is 13.2 Å². The lowest BCUT2D eigenvalue weighted by Gasteiger charge is -2.11. The molecule has 1 atom stereocenters. The molecule has 1 unspecified atom stereocenters. The Labute approximate surface area is 115 Å². The minimum Gasteiger partial charge on any atom is -0.494 e. The van der Waals surface area contributed by atoms with Crippen LogP contribution in [0, 0.1) is 15.9 Å². The molecule has 3 N–H and O–H groups in total. The van der Waals surface area contributed by atoms with Crippen molar-refractivity contribution in [1.82, 2.24) is 5.32 Å². The molecule has 0 aliphatic carbocycles. The van der Waals surface area contributed by atoms with Gasteiger partial charge in [-0.2, -0.15) is 0 Å². The Kier molecular flexibility index (Phi) is 6.13. The number of halogens is 1. The molecule has 0 aliphatic heterocycles.